The fraction of sp³-hybridized carbons (Fsp3) is 0.422. The maximum Gasteiger partial charge on any atom is 0.344 e. The minimum atomic E-state index is -0.774. The van der Waals surface area contributed by atoms with Crippen LogP contribution in [0.1, 0.15) is 104 Å². The predicted octanol–water partition coefficient (Wildman–Crippen LogP) is 7.78. The summed E-state index contributed by atoms with van der Waals surface area (Å²) in [6.45, 7) is 7.57. The van der Waals surface area contributed by atoms with Crippen LogP contribution >= 0.6 is 0 Å². The zero-order valence-electron chi connectivity index (χ0n) is 33.5. The lowest BCUT2D eigenvalue weighted by molar-refractivity contribution is 0.0465. The summed E-state index contributed by atoms with van der Waals surface area (Å²) < 4.78 is 26.9. The molecule has 13 heteroatoms. The van der Waals surface area contributed by atoms with Crippen molar-refractivity contribution in [3.8, 4) is 11.4 Å². The number of piperazine rings is 1. The molecule has 4 heterocycles. The Morgan fingerprint density at radius 3 is 1.93 bits per heavy atom. The molecule has 3 aromatic carbocycles. The highest BCUT2D eigenvalue weighted by molar-refractivity contribution is 5.94. The maximum absolute atomic E-state index is 15.9. The summed E-state index contributed by atoms with van der Waals surface area (Å²) in [4.78, 5) is 31.5. The summed E-state index contributed by atoms with van der Waals surface area (Å²) in [6.07, 6.45) is 16.4. The van der Waals surface area contributed by atoms with Gasteiger partial charge in [0, 0.05) is 50.3 Å². The van der Waals surface area contributed by atoms with Crippen molar-refractivity contribution in [2.24, 2.45) is 0 Å². The highest BCUT2D eigenvalue weighted by atomic mass is 19.1. The van der Waals surface area contributed by atoms with Gasteiger partial charge in [-0.15, -0.1) is 10.2 Å². The number of unbranched alkanes of at least 4 members (excludes halogenated alkanes) is 4. The molecule has 2 fully saturated rings. The monoisotopic (exact) mass is 785 g/mol. The SMILES string of the molecule is CCCCCc1ccc(-n2cc(COC(=O)c3cn(C4CC4)c4cc(N5CCN(Cc6cn(-c7ccc(CCCCC)cc7)nn6)CC5)c(F)cc4c3=O)nn2)cc1. The van der Waals surface area contributed by atoms with Gasteiger partial charge in [0.05, 0.1) is 40.7 Å². The molecule has 1 aliphatic carbocycles. The Morgan fingerprint density at radius 1 is 0.759 bits per heavy atom. The molecule has 12 nitrogen and oxygen atoms in total. The number of esters is 1. The summed E-state index contributed by atoms with van der Waals surface area (Å²) in [5, 5.41) is 17.3. The van der Waals surface area contributed by atoms with E-state index in [1.165, 1.54) is 49.3 Å². The van der Waals surface area contributed by atoms with E-state index >= 15 is 4.39 Å². The van der Waals surface area contributed by atoms with Gasteiger partial charge in [0.1, 0.15) is 23.7 Å². The summed E-state index contributed by atoms with van der Waals surface area (Å²) in [5.41, 5.74) is 6.18. The van der Waals surface area contributed by atoms with E-state index in [0.717, 1.165) is 62.3 Å². The first kappa shape index (κ1) is 39.2. The van der Waals surface area contributed by atoms with Crippen molar-refractivity contribution in [1.29, 1.82) is 0 Å². The van der Waals surface area contributed by atoms with Crippen LogP contribution in [0.5, 0.6) is 0 Å². The highest BCUT2D eigenvalue weighted by Crippen LogP contribution is 2.38. The molecule has 0 bridgehead atoms. The number of fused-ring (bicyclic) bond motifs is 1. The number of hydrogen-bond donors (Lipinski definition) is 0. The van der Waals surface area contributed by atoms with Crippen molar-refractivity contribution in [3.63, 3.8) is 0 Å². The maximum atomic E-state index is 15.9. The summed E-state index contributed by atoms with van der Waals surface area (Å²) >= 11 is 0. The van der Waals surface area contributed by atoms with Crippen molar-refractivity contribution in [3.05, 3.63) is 123 Å². The number of ether oxygens (including phenoxy) is 1. The molecule has 2 aliphatic rings. The lowest BCUT2D eigenvalue weighted by Crippen LogP contribution is -2.46. The third kappa shape index (κ3) is 9.04. The molecule has 302 valence electrons. The lowest BCUT2D eigenvalue weighted by Gasteiger charge is -2.36. The zero-order chi connectivity index (χ0) is 40.0. The number of carbonyl (C=O) groups excluding carboxylic acids is 1. The Hall–Kier alpha value is -5.69. The second-order valence-corrected chi connectivity index (χ2v) is 15.7. The Balaban J connectivity index is 0.898. The number of carbonyl (C=O) groups is 1. The molecular formula is C45H52FN9O3. The predicted molar refractivity (Wildman–Crippen MR) is 222 cm³/mol. The number of hydrogen-bond acceptors (Lipinski definition) is 9. The smallest absolute Gasteiger partial charge is 0.344 e. The van der Waals surface area contributed by atoms with E-state index in [0.29, 0.717) is 36.5 Å². The molecule has 6 aromatic rings. The molecule has 3 aromatic heterocycles. The van der Waals surface area contributed by atoms with Gasteiger partial charge in [-0.25, -0.2) is 18.5 Å². The van der Waals surface area contributed by atoms with Crippen LogP contribution in [-0.2, 0) is 30.7 Å². The fourth-order valence-corrected chi connectivity index (χ4v) is 7.77. The van der Waals surface area contributed by atoms with Gasteiger partial charge in [0.25, 0.3) is 0 Å². The molecule has 0 radical (unpaired) electrons. The molecule has 1 aliphatic heterocycles. The number of pyridine rings is 1. The van der Waals surface area contributed by atoms with Crippen LogP contribution in [-0.4, -0.2) is 71.6 Å². The van der Waals surface area contributed by atoms with Crippen LogP contribution in [0.3, 0.4) is 0 Å². The second-order valence-electron chi connectivity index (χ2n) is 15.7. The Labute approximate surface area is 338 Å². The van der Waals surface area contributed by atoms with E-state index in [4.69, 9.17) is 4.74 Å². The van der Waals surface area contributed by atoms with E-state index in [9.17, 15) is 9.59 Å². The largest absolute Gasteiger partial charge is 0.455 e. The molecule has 0 atom stereocenters. The average molecular weight is 786 g/mol. The Kier molecular flexibility index (Phi) is 12.0. The molecule has 8 rings (SSSR count). The molecule has 0 amide bonds. The second kappa shape index (κ2) is 17.8. The molecular weight excluding hydrogens is 734 g/mol. The van der Waals surface area contributed by atoms with Crippen molar-refractivity contribution in [2.75, 3.05) is 31.1 Å². The van der Waals surface area contributed by atoms with Gasteiger partial charge in [-0.2, -0.15) is 0 Å². The van der Waals surface area contributed by atoms with Gasteiger partial charge in [-0.1, -0.05) is 74.2 Å². The number of halogens is 1. The van der Waals surface area contributed by atoms with Crippen LogP contribution in [0.2, 0.25) is 0 Å². The first-order chi connectivity index (χ1) is 28.4. The zero-order valence-corrected chi connectivity index (χ0v) is 33.5. The molecule has 58 heavy (non-hydrogen) atoms. The van der Waals surface area contributed by atoms with Crippen molar-refractivity contribution in [2.45, 2.75) is 97.2 Å². The van der Waals surface area contributed by atoms with Crippen molar-refractivity contribution >= 4 is 22.6 Å². The van der Waals surface area contributed by atoms with Crippen LogP contribution in [0.15, 0.2) is 84.0 Å². The van der Waals surface area contributed by atoms with Crippen molar-refractivity contribution < 1.29 is 13.9 Å². The molecule has 0 unspecified atom stereocenters. The van der Waals surface area contributed by atoms with Crippen LogP contribution in [0.25, 0.3) is 22.3 Å². The van der Waals surface area contributed by atoms with Crippen LogP contribution < -0.4 is 10.3 Å². The lowest BCUT2D eigenvalue weighted by atomic mass is 10.1. The number of rotatable bonds is 17. The van der Waals surface area contributed by atoms with Gasteiger partial charge in [0.2, 0.25) is 5.43 Å². The minimum Gasteiger partial charge on any atom is -0.455 e. The van der Waals surface area contributed by atoms with Crippen molar-refractivity contribution in [1.82, 2.24) is 39.5 Å². The van der Waals surface area contributed by atoms with E-state index in [1.807, 2.05) is 32.5 Å². The first-order valence-corrected chi connectivity index (χ1v) is 20.9. The highest BCUT2D eigenvalue weighted by Gasteiger charge is 2.29. The van der Waals surface area contributed by atoms with Gasteiger partial charge in [0.15, 0.2) is 0 Å². The Morgan fingerprint density at radius 2 is 1.34 bits per heavy atom. The van der Waals surface area contributed by atoms with Crippen LogP contribution in [0.4, 0.5) is 10.1 Å². The third-order valence-electron chi connectivity index (χ3n) is 11.3. The topological polar surface area (TPSA) is 116 Å². The van der Waals surface area contributed by atoms with Gasteiger partial charge >= 0.3 is 5.97 Å². The number of aromatic nitrogens is 7. The Bertz CT molecular complexity index is 2390. The van der Waals surface area contributed by atoms with Crippen LogP contribution in [0, 0.1) is 5.82 Å². The van der Waals surface area contributed by atoms with E-state index in [2.05, 4.69) is 75.8 Å². The number of anilines is 1. The van der Waals surface area contributed by atoms with Gasteiger partial charge in [-0.3, -0.25) is 9.69 Å². The first-order valence-electron chi connectivity index (χ1n) is 20.9. The number of benzene rings is 3. The van der Waals surface area contributed by atoms with E-state index < -0.39 is 17.2 Å². The molecule has 0 N–H and O–H groups in total. The molecule has 0 spiro atoms. The fourth-order valence-electron chi connectivity index (χ4n) is 7.77. The standard InChI is InChI=1S/C45H52FN9O3/c1-3-5-7-9-32-11-15-37(16-12-32)54-28-34(47-49-54)27-51-21-23-52(24-22-51)43-26-42-39(25-41(43)46)44(56)40(30-53(42)36-19-20-36)45(57)58-31-35-29-55(50-48-35)38-17-13-33(14-18-38)10-8-6-4-2/h11-18,25-26,28-30,36H,3-10,19-24,27,31H2,1-2H3. The number of nitrogens with zero attached hydrogens (tertiary/aromatic N) is 9. The molecule has 1 saturated heterocycles. The molecule has 1 saturated carbocycles. The van der Waals surface area contributed by atoms with E-state index in [-0.39, 0.29) is 23.6 Å². The van der Waals surface area contributed by atoms with Gasteiger partial charge < -0.3 is 14.2 Å². The third-order valence-corrected chi connectivity index (χ3v) is 11.3. The van der Waals surface area contributed by atoms with E-state index in [1.54, 1.807) is 23.1 Å². The van der Waals surface area contributed by atoms with Gasteiger partial charge in [-0.05, 0) is 86.1 Å². The minimum absolute atomic E-state index is 0.123. The summed E-state index contributed by atoms with van der Waals surface area (Å²) in [5.74, 6) is -1.26. The quantitative estimate of drug-likeness (QED) is 0.0676. The normalized spacial score (nSPS) is 14.7. The summed E-state index contributed by atoms with van der Waals surface area (Å²) in [7, 11) is 0. The summed E-state index contributed by atoms with van der Waals surface area (Å²) in [6, 6.07) is 19.9. The average Bonchev–Trinajstić information content (AvgIpc) is 3.79. The number of aryl methyl sites for hydroxylation is 2.